The maximum atomic E-state index is 13.6. The molecule has 0 spiro atoms. The highest BCUT2D eigenvalue weighted by Gasteiger charge is 2.50. The highest BCUT2D eigenvalue weighted by atomic mass is 31.1. The van der Waals surface area contributed by atoms with E-state index in [1.165, 1.54) is 21.2 Å². The summed E-state index contributed by atoms with van der Waals surface area (Å²) in [5.74, 6) is -0.340. The van der Waals surface area contributed by atoms with Crippen LogP contribution in [0.2, 0.25) is 0 Å². The van der Waals surface area contributed by atoms with E-state index in [2.05, 4.69) is 111 Å². The number of rotatable bonds is 8. The van der Waals surface area contributed by atoms with E-state index in [9.17, 15) is 9.59 Å². The first-order valence-electron chi connectivity index (χ1n) is 12.9. The molecule has 0 aliphatic heterocycles. The predicted octanol–water partition coefficient (Wildman–Crippen LogP) is 5.80. The van der Waals surface area contributed by atoms with Crippen LogP contribution in [0.1, 0.15) is 20.3 Å². The molecule has 1 unspecified atom stereocenters. The van der Waals surface area contributed by atoms with Crippen LogP contribution < -0.4 is 21.2 Å². The molecule has 1 saturated carbocycles. The number of hydrogen-bond donors (Lipinski definition) is 0. The van der Waals surface area contributed by atoms with Gasteiger partial charge in [0.15, 0.2) is 0 Å². The SMILES string of the molecule is C[C@H](C1C(=O)CC(=O)[C@@H]1[C@@H](C)P(c1ccccc1)c1ccccc1)P(c1ccccc1)c1ccccc1. The van der Waals surface area contributed by atoms with Crippen molar-refractivity contribution in [2.45, 2.75) is 31.6 Å². The van der Waals surface area contributed by atoms with Crippen molar-refractivity contribution >= 4 is 48.6 Å². The third-order valence-electron chi connectivity index (χ3n) is 7.47. The van der Waals surface area contributed by atoms with Crippen LogP contribution in [0.3, 0.4) is 0 Å². The highest BCUT2D eigenvalue weighted by Crippen LogP contribution is 2.53. The fourth-order valence-electron chi connectivity index (χ4n) is 5.86. The van der Waals surface area contributed by atoms with Gasteiger partial charge in [-0.3, -0.25) is 9.59 Å². The average molecular weight is 523 g/mol. The van der Waals surface area contributed by atoms with Gasteiger partial charge in [-0.15, -0.1) is 0 Å². The van der Waals surface area contributed by atoms with Gasteiger partial charge < -0.3 is 0 Å². The van der Waals surface area contributed by atoms with E-state index in [4.69, 9.17) is 0 Å². The minimum absolute atomic E-state index is 0.0506. The molecule has 0 radical (unpaired) electrons. The first kappa shape index (κ1) is 25.7. The van der Waals surface area contributed by atoms with Gasteiger partial charge in [0.2, 0.25) is 0 Å². The second kappa shape index (κ2) is 11.6. The second-order valence-corrected chi connectivity index (χ2v) is 14.9. The Bertz CT molecular complexity index is 1140. The minimum atomic E-state index is -0.814. The molecule has 5 rings (SSSR count). The van der Waals surface area contributed by atoms with E-state index >= 15 is 0 Å². The Hall–Kier alpha value is -2.92. The predicted molar refractivity (Wildman–Crippen MR) is 159 cm³/mol. The summed E-state index contributed by atoms with van der Waals surface area (Å²) >= 11 is 0. The Morgan fingerprint density at radius 1 is 0.486 bits per heavy atom. The smallest absolute Gasteiger partial charge is 0.144 e. The topological polar surface area (TPSA) is 34.1 Å². The maximum absolute atomic E-state index is 13.6. The second-order valence-electron chi connectivity index (χ2n) is 9.72. The van der Waals surface area contributed by atoms with Gasteiger partial charge in [-0.25, -0.2) is 0 Å². The van der Waals surface area contributed by atoms with Gasteiger partial charge in [-0.1, -0.05) is 135 Å². The number of carbonyl (C=O) groups excluding carboxylic acids is 2. The number of hydrogen-bond acceptors (Lipinski definition) is 2. The third-order valence-corrected chi connectivity index (χ3v) is 13.2. The molecule has 37 heavy (non-hydrogen) atoms. The summed E-state index contributed by atoms with van der Waals surface area (Å²) < 4.78 is 0. The number of ketones is 2. The van der Waals surface area contributed by atoms with Crippen LogP contribution in [0.15, 0.2) is 121 Å². The maximum Gasteiger partial charge on any atom is 0.144 e. The summed E-state index contributed by atoms with van der Waals surface area (Å²) in [4.78, 5) is 27.2. The zero-order valence-electron chi connectivity index (χ0n) is 21.3. The van der Waals surface area contributed by atoms with Gasteiger partial charge in [-0.05, 0) is 48.4 Å². The molecule has 4 aromatic carbocycles. The van der Waals surface area contributed by atoms with Gasteiger partial charge in [-0.2, -0.15) is 0 Å². The van der Waals surface area contributed by atoms with Crippen LogP contribution in [-0.2, 0) is 9.59 Å². The van der Waals surface area contributed by atoms with Gasteiger partial charge in [0.25, 0.3) is 0 Å². The molecule has 4 heteroatoms. The van der Waals surface area contributed by atoms with Crippen LogP contribution in [0.25, 0.3) is 0 Å². The summed E-state index contributed by atoms with van der Waals surface area (Å²) in [7, 11) is -1.63. The molecule has 2 nitrogen and oxygen atoms in total. The standard InChI is InChI=1S/C33H32O2P2/c1-24(36(26-15-7-3-8-16-26)27-17-9-4-10-18-27)32-30(34)23-31(35)33(32)25(2)37(28-19-11-5-12-20-28)29-21-13-6-14-22-29/h3-22,24-25,32-33H,23H2,1-2H3/t24-,25-,32+,33?/m1/s1. The highest BCUT2D eigenvalue weighted by molar-refractivity contribution is 7.74. The molecular formula is C33H32O2P2. The molecule has 0 saturated heterocycles. The Morgan fingerprint density at radius 2 is 0.730 bits per heavy atom. The molecule has 0 N–H and O–H groups in total. The van der Waals surface area contributed by atoms with Crippen molar-refractivity contribution in [2.75, 3.05) is 0 Å². The van der Waals surface area contributed by atoms with Crippen LogP contribution in [-0.4, -0.2) is 22.9 Å². The van der Waals surface area contributed by atoms with Crippen LogP contribution in [0.5, 0.6) is 0 Å². The first-order chi connectivity index (χ1) is 18.1. The molecule has 0 aromatic heterocycles. The number of Topliss-reactive ketones (excluding diaryl/α,β-unsaturated/α-hetero) is 2. The summed E-state index contributed by atoms with van der Waals surface area (Å²) in [6.07, 6.45) is 0.0590. The van der Waals surface area contributed by atoms with Gasteiger partial charge in [0, 0.05) is 11.8 Å². The van der Waals surface area contributed by atoms with E-state index in [-0.39, 0.29) is 41.1 Å². The number of benzene rings is 4. The minimum Gasteiger partial charge on any atom is -0.299 e. The zero-order chi connectivity index (χ0) is 25.8. The van der Waals surface area contributed by atoms with Crippen molar-refractivity contribution in [3.05, 3.63) is 121 Å². The molecule has 186 valence electrons. The summed E-state index contributed by atoms with van der Waals surface area (Å²) in [6.45, 7) is 4.42. The largest absolute Gasteiger partial charge is 0.299 e. The fourth-order valence-corrected chi connectivity index (χ4v) is 11.7. The Kier molecular flexibility index (Phi) is 8.09. The van der Waals surface area contributed by atoms with Crippen LogP contribution in [0, 0.1) is 11.8 Å². The summed E-state index contributed by atoms with van der Waals surface area (Å²) in [6, 6.07) is 42.2. The normalized spacial score (nSPS) is 19.4. The first-order valence-corrected chi connectivity index (χ1v) is 15.7. The fraction of sp³-hybridized carbons (Fsp3) is 0.212. The Balaban J connectivity index is 1.57. The van der Waals surface area contributed by atoms with E-state index in [0.29, 0.717) is 0 Å². The van der Waals surface area contributed by atoms with Crippen molar-refractivity contribution < 1.29 is 9.59 Å². The van der Waals surface area contributed by atoms with Gasteiger partial charge in [0.1, 0.15) is 11.6 Å². The molecule has 0 heterocycles. The summed E-state index contributed by atoms with van der Waals surface area (Å²) in [5, 5.41) is 5.01. The Labute approximate surface area is 222 Å². The quantitative estimate of drug-likeness (QED) is 0.216. The van der Waals surface area contributed by atoms with Crippen molar-refractivity contribution in [1.29, 1.82) is 0 Å². The van der Waals surface area contributed by atoms with Crippen molar-refractivity contribution in [3.8, 4) is 0 Å². The zero-order valence-corrected chi connectivity index (χ0v) is 23.1. The van der Waals surface area contributed by atoms with Gasteiger partial charge in [0.05, 0.1) is 6.42 Å². The van der Waals surface area contributed by atoms with Crippen molar-refractivity contribution in [2.24, 2.45) is 11.8 Å². The molecule has 0 amide bonds. The lowest BCUT2D eigenvalue weighted by Gasteiger charge is -2.37. The molecule has 4 atom stereocenters. The lowest BCUT2D eigenvalue weighted by molar-refractivity contribution is -0.122. The average Bonchev–Trinajstić information content (AvgIpc) is 3.24. The molecule has 4 aromatic rings. The molecular weight excluding hydrogens is 490 g/mol. The summed E-state index contributed by atoms with van der Waals surface area (Å²) in [5.41, 5.74) is 0.101. The third kappa shape index (κ3) is 5.38. The molecule has 1 fully saturated rings. The lowest BCUT2D eigenvalue weighted by atomic mass is 9.89. The van der Waals surface area contributed by atoms with Gasteiger partial charge >= 0.3 is 0 Å². The monoisotopic (exact) mass is 522 g/mol. The molecule has 0 bridgehead atoms. The molecule has 1 aliphatic rings. The number of carbonyl (C=O) groups is 2. The van der Waals surface area contributed by atoms with E-state index in [0.717, 1.165) is 0 Å². The van der Waals surface area contributed by atoms with Crippen LogP contribution in [0.4, 0.5) is 0 Å². The van der Waals surface area contributed by atoms with Crippen LogP contribution >= 0.6 is 15.8 Å². The molecule has 1 aliphatic carbocycles. The Morgan fingerprint density at radius 3 is 0.973 bits per heavy atom. The van der Waals surface area contributed by atoms with E-state index in [1.54, 1.807) is 0 Å². The van der Waals surface area contributed by atoms with E-state index < -0.39 is 15.8 Å². The van der Waals surface area contributed by atoms with Crippen molar-refractivity contribution in [1.82, 2.24) is 0 Å². The lowest BCUT2D eigenvalue weighted by Crippen LogP contribution is -2.38. The van der Waals surface area contributed by atoms with E-state index in [1.807, 2.05) is 24.3 Å². The van der Waals surface area contributed by atoms with Crippen molar-refractivity contribution in [3.63, 3.8) is 0 Å².